The van der Waals surface area contributed by atoms with Gasteiger partial charge < -0.3 is 9.64 Å². The molecule has 0 atom stereocenters. The zero-order valence-corrected chi connectivity index (χ0v) is 17.4. The van der Waals surface area contributed by atoms with Crippen LogP contribution < -0.4 is 4.80 Å². The van der Waals surface area contributed by atoms with Crippen molar-refractivity contribution in [1.29, 1.82) is 0 Å². The SMILES string of the molecule is CCCCCSc1nn(C(=O)OCc2ccccc2)c(=NC(=O)N(C)C)s1. The molecule has 2 amide bonds. The minimum Gasteiger partial charge on any atom is -0.443 e. The third kappa shape index (κ3) is 6.84. The summed E-state index contributed by atoms with van der Waals surface area (Å²) in [4.78, 5) is 30.0. The van der Waals surface area contributed by atoms with E-state index in [0.29, 0.717) is 4.34 Å². The molecule has 0 aliphatic heterocycles. The van der Waals surface area contributed by atoms with Crippen LogP contribution in [-0.2, 0) is 11.3 Å². The van der Waals surface area contributed by atoms with Crippen molar-refractivity contribution < 1.29 is 14.3 Å². The van der Waals surface area contributed by atoms with Gasteiger partial charge in [-0.3, -0.25) is 0 Å². The van der Waals surface area contributed by atoms with Gasteiger partial charge in [0.1, 0.15) is 6.61 Å². The second-order valence-corrected chi connectivity index (χ2v) is 8.24. The Kier molecular flexibility index (Phi) is 8.53. The average Bonchev–Trinajstić information content (AvgIpc) is 3.06. The van der Waals surface area contributed by atoms with Gasteiger partial charge in [0.2, 0.25) is 4.80 Å². The van der Waals surface area contributed by atoms with Crippen LogP contribution in [0.1, 0.15) is 31.7 Å². The van der Waals surface area contributed by atoms with Gasteiger partial charge in [-0.25, -0.2) is 9.59 Å². The third-order valence-electron chi connectivity index (χ3n) is 3.47. The molecule has 0 fully saturated rings. The number of nitrogens with zero attached hydrogens (tertiary/aromatic N) is 4. The van der Waals surface area contributed by atoms with Gasteiger partial charge >= 0.3 is 12.1 Å². The van der Waals surface area contributed by atoms with E-state index >= 15 is 0 Å². The lowest BCUT2D eigenvalue weighted by Crippen LogP contribution is -2.29. The topological polar surface area (TPSA) is 76.8 Å². The van der Waals surface area contributed by atoms with Crippen LogP contribution in [0.5, 0.6) is 0 Å². The number of carbonyl (C=O) groups excluding carboxylic acids is 2. The predicted octanol–water partition coefficient (Wildman–Crippen LogP) is 3.99. The number of amides is 2. The lowest BCUT2D eigenvalue weighted by molar-refractivity contribution is 0.136. The lowest BCUT2D eigenvalue weighted by atomic mass is 10.2. The summed E-state index contributed by atoms with van der Waals surface area (Å²) in [6.45, 7) is 2.28. The first-order chi connectivity index (χ1) is 13.0. The van der Waals surface area contributed by atoms with Crippen LogP contribution in [0.3, 0.4) is 0 Å². The zero-order chi connectivity index (χ0) is 19.6. The number of thioether (sulfide) groups is 1. The number of hydrogen-bond donors (Lipinski definition) is 0. The van der Waals surface area contributed by atoms with Crippen molar-refractivity contribution in [3.63, 3.8) is 0 Å². The predicted molar refractivity (Wildman–Crippen MR) is 107 cm³/mol. The summed E-state index contributed by atoms with van der Waals surface area (Å²) in [6.07, 6.45) is 2.71. The Bertz CT molecular complexity index is 816. The molecule has 9 heteroatoms. The van der Waals surface area contributed by atoms with Crippen LogP contribution in [0, 0.1) is 0 Å². The first-order valence-corrected chi connectivity index (χ1v) is 10.5. The summed E-state index contributed by atoms with van der Waals surface area (Å²) in [5.41, 5.74) is 0.874. The Balaban J connectivity index is 2.16. The van der Waals surface area contributed by atoms with Crippen molar-refractivity contribution in [2.24, 2.45) is 4.99 Å². The maximum absolute atomic E-state index is 12.5. The molecule has 0 aliphatic rings. The van der Waals surface area contributed by atoms with E-state index in [4.69, 9.17) is 4.74 Å². The van der Waals surface area contributed by atoms with Crippen LogP contribution in [0.25, 0.3) is 0 Å². The first kappa shape index (κ1) is 21.2. The van der Waals surface area contributed by atoms with Crippen LogP contribution in [-0.4, -0.2) is 46.7 Å². The monoisotopic (exact) mass is 408 g/mol. The van der Waals surface area contributed by atoms with E-state index in [1.165, 1.54) is 16.2 Å². The van der Waals surface area contributed by atoms with Gasteiger partial charge in [-0.2, -0.15) is 4.99 Å². The summed E-state index contributed by atoms with van der Waals surface area (Å²) in [5, 5.41) is 4.29. The van der Waals surface area contributed by atoms with Gasteiger partial charge in [0.05, 0.1) is 0 Å². The number of rotatable bonds is 7. The minimum absolute atomic E-state index is 0.129. The number of carbonyl (C=O) groups is 2. The van der Waals surface area contributed by atoms with Crippen molar-refractivity contribution in [3.8, 4) is 0 Å². The number of ether oxygens (including phenoxy) is 1. The van der Waals surface area contributed by atoms with Gasteiger partial charge in [-0.1, -0.05) is 73.2 Å². The molecule has 0 saturated heterocycles. The van der Waals surface area contributed by atoms with Gasteiger partial charge in [0.25, 0.3) is 0 Å². The van der Waals surface area contributed by atoms with E-state index in [9.17, 15) is 9.59 Å². The number of hydrogen-bond acceptors (Lipinski definition) is 6. The Morgan fingerprint density at radius 1 is 1.26 bits per heavy atom. The molecule has 0 saturated carbocycles. The van der Waals surface area contributed by atoms with Crippen molar-refractivity contribution in [3.05, 3.63) is 40.7 Å². The number of urea groups is 1. The molecule has 146 valence electrons. The van der Waals surface area contributed by atoms with E-state index in [0.717, 1.165) is 35.3 Å². The van der Waals surface area contributed by atoms with Crippen molar-refractivity contribution in [1.82, 2.24) is 14.7 Å². The molecule has 2 rings (SSSR count). The maximum Gasteiger partial charge on any atom is 0.437 e. The molecule has 27 heavy (non-hydrogen) atoms. The van der Waals surface area contributed by atoms with Crippen molar-refractivity contribution in [2.75, 3.05) is 19.8 Å². The Morgan fingerprint density at radius 2 is 2.00 bits per heavy atom. The molecule has 0 spiro atoms. The summed E-state index contributed by atoms with van der Waals surface area (Å²) in [6, 6.07) is 8.93. The second kappa shape index (κ2) is 10.9. The molecule has 1 aromatic heterocycles. The van der Waals surface area contributed by atoms with Gasteiger partial charge in [0.15, 0.2) is 4.34 Å². The molecule has 7 nitrogen and oxygen atoms in total. The number of aromatic nitrogens is 2. The van der Waals surface area contributed by atoms with E-state index in [2.05, 4.69) is 17.0 Å². The summed E-state index contributed by atoms with van der Waals surface area (Å²) in [7, 11) is 3.21. The van der Waals surface area contributed by atoms with Crippen molar-refractivity contribution in [2.45, 2.75) is 37.1 Å². The molecule has 0 aliphatic carbocycles. The highest BCUT2D eigenvalue weighted by Crippen LogP contribution is 2.19. The molecule has 2 aromatic rings. The molecular formula is C18H24N4O3S2. The quantitative estimate of drug-likeness (QED) is 0.511. The van der Waals surface area contributed by atoms with Crippen LogP contribution >= 0.6 is 23.1 Å². The highest BCUT2D eigenvalue weighted by atomic mass is 32.2. The molecular weight excluding hydrogens is 384 g/mol. The smallest absolute Gasteiger partial charge is 0.437 e. The minimum atomic E-state index is -0.652. The fraction of sp³-hybridized carbons (Fsp3) is 0.444. The molecule has 1 aromatic carbocycles. The average molecular weight is 409 g/mol. The van der Waals surface area contributed by atoms with Crippen molar-refractivity contribution >= 4 is 35.2 Å². The van der Waals surface area contributed by atoms with E-state index in [1.807, 2.05) is 30.3 Å². The molecule has 0 bridgehead atoms. The largest absolute Gasteiger partial charge is 0.443 e. The lowest BCUT2D eigenvalue weighted by Gasteiger charge is -2.05. The van der Waals surface area contributed by atoms with Gasteiger partial charge in [0, 0.05) is 19.8 Å². The standard InChI is InChI=1S/C18H24N4O3S2/c1-4-5-9-12-26-17-20-22(16(27-17)19-15(23)21(2)3)18(24)25-13-14-10-7-6-8-11-14/h6-8,10-11H,4-5,9,12-13H2,1-3H3. The Hall–Kier alpha value is -2.13. The fourth-order valence-corrected chi connectivity index (χ4v) is 3.96. The Morgan fingerprint density at radius 3 is 2.67 bits per heavy atom. The van der Waals surface area contributed by atoms with Gasteiger partial charge in [-0.05, 0) is 12.0 Å². The highest BCUT2D eigenvalue weighted by molar-refractivity contribution is 8.00. The molecule has 0 unspecified atom stereocenters. The normalized spacial score (nSPS) is 11.4. The van der Waals surface area contributed by atoms with Crippen LogP contribution in [0.2, 0.25) is 0 Å². The Labute approximate surface area is 167 Å². The van der Waals surface area contributed by atoms with Crippen LogP contribution in [0.4, 0.5) is 9.59 Å². The van der Waals surface area contributed by atoms with E-state index < -0.39 is 12.1 Å². The maximum atomic E-state index is 12.5. The zero-order valence-electron chi connectivity index (χ0n) is 15.8. The summed E-state index contributed by atoms with van der Waals surface area (Å²) >= 11 is 2.77. The third-order valence-corrected chi connectivity index (χ3v) is 5.59. The highest BCUT2D eigenvalue weighted by Gasteiger charge is 2.15. The number of unbranched alkanes of at least 4 members (excludes halogenated alkanes) is 2. The van der Waals surface area contributed by atoms with E-state index in [-0.39, 0.29) is 11.4 Å². The molecule has 1 heterocycles. The second-order valence-electron chi connectivity index (χ2n) is 5.95. The molecule has 0 N–H and O–H groups in total. The summed E-state index contributed by atoms with van der Waals surface area (Å²) in [5.74, 6) is 0.904. The van der Waals surface area contributed by atoms with Crippen LogP contribution in [0.15, 0.2) is 39.7 Å². The van der Waals surface area contributed by atoms with Gasteiger partial charge in [-0.15, -0.1) is 9.78 Å². The number of benzene rings is 1. The first-order valence-electron chi connectivity index (χ1n) is 8.71. The molecule has 0 radical (unpaired) electrons. The van der Waals surface area contributed by atoms with E-state index in [1.54, 1.807) is 25.9 Å². The fourth-order valence-electron chi connectivity index (χ4n) is 1.99. The summed E-state index contributed by atoms with van der Waals surface area (Å²) < 4.78 is 7.08.